The third kappa shape index (κ3) is 3.12. The third-order valence-corrected chi connectivity index (χ3v) is 3.57. The van der Waals surface area contributed by atoms with Crippen molar-refractivity contribution in [3.8, 4) is 5.88 Å². The van der Waals surface area contributed by atoms with Crippen LogP contribution in [0.3, 0.4) is 0 Å². The van der Waals surface area contributed by atoms with Crippen LogP contribution in [0.25, 0.3) is 0 Å². The van der Waals surface area contributed by atoms with Gasteiger partial charge in [-0.3, -0.25) is 0 Å². The first-order valence-corrected chi connectivity index (χ1v) is 6.61. The predicted molar refractivity (Wildman–Crippen MR) is 72.4 cm³/mol. The van der Waals surface area contributed by atoms with Crippen molar-refractivity contribution in [3.63, 3.8) is 0 Å². The number of ether oxygens (including phenoxy) is 1. The molecule has 0 radical (unpaired) electrons. The minimum Gasteiger partial charge on any atom is -0.474 e. The maximum atomic E-state index is 6.04. The third-order valence-electron chi connectivity index (χ3n) is 3.57. The molecular weight excluding hydrogens is 226 g/mol. The van der Waals surface area contributed by atoms with Gasteiger partial charge in [0.15, 0.2) is 0 Å². The molecule has 0 spiro atoms. The summed E-state index contributed by atoms with van der Waals surface area (Å²) < 4.78 is 6.04. The maximum Gasteiger partial charge on any atom is 0.223 e. The molecule has 1 aromatic heterocycles. The average molecular weight is 249 g/mol. The first-order chi connectivity index (χ1) is 8.35. The Morgan fingerprint density at radius 2 is 2.11 bits per heavy atom. The minimum absolute atomic E-state index is 0.233. The summed E-state index contributed by atoms with van der Waals surface area (Å²) in [6.45, 7) is 8.85. The van der Waals surface area contributed by atoms with E-state index in [0.717, 1.165) is 18.4 Å². The summed E-state index contributed by atoms with van der Waals surface area (Å²) in [5.74, 6) is 1.61. The Morgan fingerprint density at radius 3 is 2.78 bits per heavy atom. The smallest absolute Gasteiger partial charge is 0.223 e. The Morgan fingerprint density at radius 1 is 1.39 bits per heavy atom. The van der Waals surface area contributed by atoms with Gasteiger partial charge in [-0.05, 0) is 37.5 Å². The van der Waals surface area contributed by atoms with E-state index in [2.05, 4.69) is 30.7 Å². The number of hydrogen-bond acceptors (Lipinski definition) is 4. The Bertz CT molecular complexity index is 431. The topological polar surface area (TPSA) is 61.0 Å². The highest BCUT2D eigenvalue weighted by Crippen LogP contribution is 2.40. The van der Waals surface area contributed by atoms with Crippen molar-refractivity contribution >= 4 is 5.95 Å². The quantitative estimate of drug-likeness (QED) is 0.875. The lowest BCUT2D eigenvalue weighted by Gasteiger charge is -2.38. The molecule has 0 bridgehead atoms. The molecule has 1 heterocycles. The van der Waals surface area contributed by atoms with Crippen LogP contribution in [0, 0.1) is 18.3 Å². The zero-order valence-electron chi connectivity index (χ0n) is 11.7. The van der Waals surface area contributed by atoms with Crippen molar-refractivity contribution in [1.82, 2.24) is 9.97 Å². The van der Waals surface area contributed by atoms with Crippen LogP contribution in [-0.4, -0.2) is 16.1 Å². The molecule has 4 nitrogen and oxygen atoms in total. The van der Waals surface area contributed by atoms with Gasteiger partial charge in [0, 0.05) is 11.8 Å². The molecule has 1 aliphatic rings. The van der Waals surface area contributed by atoms with Crippen LogP contribution in [0.5, 0.6) is 5.88 Å². The van der Waals surface area contributed by atoms with Crippen LogP contribution in [0.4, 0.5) is 5.95 Å². The molecule has 1 aliphatic carbocycles. The highest BCUT2D eigenvalue weighted by atomic mass is 16.5. The lowest BCUT2D eigenvalue weighted by atomic mass is 9.71. The second-order valence-corrected chi connectivity index (χ2v) is 6.37. The van der Waals surface area contributed by atoms with Gasteiger partial charge in [-0.25, -0.2) is 4.98 Å². The SMILES string of the molecule is Cc1cnc(N)nc1OC1CC(C)CC(C)(C)C1. The molecule has 0 amide bonds. The van der Waals surface area contributed by atoms with Gasteiger partial charge in [-0.2, -0.15) is 4.98 Å². The molecule has 1 fully saturated rings. The summed E-state index contributed by atoms with van der Waals surface area (Å²) in [5, 5.41) is 0. The van der Waals surface area contributed by atoms with E-state index in [1.807, 2.05) is 6.92 Å². The monoisotopic (exact) mass is 249 g/mol. The van der Waals surface area contributed by atoms with E-state index in [1.165, 1.54) is 6.42 Å². The molecule has 2 rings (SSSR count). The summed E-state index contributed by atoms with van der Waals surface area (Å²) in [7, 11) is 0. The predicted octanol–water partition coefficient (Wildman–Crippen LogP) is 2.96. The van der Waals surface area contributed by atoms with Crippen molar-refractivity contribution in [3.05, 3.63) is 11.8 Å². The summed E-state index contributed by atoms with van der Waals surface area (Å²) in [6, 6.07) is 0. The van der Waals surface area contributed by atoms with Crippen LogP contribution in [0.2, 0.25) is 0 Å². The number of aromatic nitrogens is 2. The molecule has 100 valence electrons. The molecule has 4 heteroatoms. The van der Waals surface area contributed by atoms with Gasteiger partial charge in [-0.15, -0.1) is 0 Å². The number of nitrogens with two attached hydrogens (primary N) is 1. The molecule has 18 heavy (non-hydrogen) atoms. The van der Waals surface area contributed by atoms with Gasteiger partial charge >= 0.3 is 0 Å². The van der Waals surface area contributed by atoms with Crippen molar-refractivity contribution in [2.45, 2.75) is 53.1 Å². The van der Waals surface area contributed by atoms with Gasteiger partial charge in [0.05, 0.1) is 0 Å². The van der Waals surface area contributed by atoms with Crippen LogP contribution in [0.1, 0.15) is 45.6 Å². The zero-order chi connectivity index (χ0) is 13.3. The molecule has 2 unspecified atom stereocenters. The van der Waals surface area contributed by atoms with E-state index in [9.17, 15) is 0 Å². The Balaban J connectivity index is 2.11. The van der Waals surface area contributed by atoms with E-state index >= 15 is 0 Å². The fraction of sp³-hybridized carbons (Fsp3) is 0.714. The van der Waals surface area contributed by atoms with Crippen LogP contribution in [0.15, 0.2) is 6.20 Å². The number of nitrogens with zero attached hydrogens (tertiary/aromatic N) is 2. The number of anilines is 1. The highest BCUT2D eigenvalue weighted by molar-refractivity contribution is 5.28. The van der Waals surface area contributed by atoms with E-state index < -0.39 is 0 Å². The lowest BCUT2D eigenvalue weighted by molar-refractivity contribution is 0.0528. The van der Waals surface area contributed by atoms with Gasteiger partial charge < -0.3 is 10.5 Å². The van der Waals surface area contributed by atoms with Crippen molar-refractivity contribution in [2.24, 2.45) is 11.3 Å². The first-order valence-electron chi connectivity index (χ1n) is 6.61. The molecule has 2 N–H and O–H groups in total. The van der Waals surface area contributed by atoms with E-state index in [0.29, 0.717) is 17.2 Å². The first kappa shape index (κ1) is 13.1. The van der Waals surface area contributed by atoms with Gasteiger partial charge in [0.1, 0.15) is 6.10 Å². The largest absolute Gasteiger partial charge is 0.474 e. The number of hydrogen-bond donors (Lipinski definition) is 1. The Labute approximate surface area is 109 Å². The van der Waals surface area contributed by atoms with Gasteiger partial charge in [0.2, 0.25) is 11.8 Å². The zero-order valence-corrected chi connectivity index (χ0v) is 11.7. The van der Waals surface area contributed by atoms with Crippen molar-refractivity contribution < 1.29 is 4.74 Å². The minimum atomic E-state index is 0.233. The molecule has 0 aliphatic heterocycles. The lowest BCUT2D eigenvalue weighted by Crippen LogP contribution is -2.34. The molecule has 0 saturated heterocycles. The highest BCUT2D eigenvalue weighted by Gasteiger charge is 2.33. The molecule has 2 atom stereocenters. The normalized spacial score (nSPS) is 26.9. The number of nitrogen functional groups attached to an aromatic ring is 1. The molecule has 0 aromatic carbocycles. The van der Waals surface area contributed by atoms with E-state index in [1.54, 1.807) is 6.20 Å². The standard InChI is InChI=1S/C14H23N3O/c1-9-5-11(7-14(3,4)6-9)18-12-10(2)8-16-13(15)17-12/h8-9,11H,5-7H2,1-4H3,(H2,15,16,17). The van der Waals surface area contributed by atoms with Gasteiger partial charge in [-0.1, -0.05) is 20.8 Å². The summed E-state index contributed by atoms with van der Waals surface area (Å²) in [4.78, 5) is 8.15. The van der Waals surface area contributed by atoms with Crippen LogP contribution >= 0.6 is 0 Å². The fourth-order valence-electron chi connectivity index (χ4n) is 3.06. The Hall–Kier alpha value is -1.32. The van der Waals surface area contributed by atoms with Gasteiger partial charge in [0.25, 0.3) is 0 Å². The van der Waals surface area contributed by atoms with Crippen LogP contribution < -0.4 is 10.5 Å². The second-order valence-electron chi connectivity index (χ2n) is 6.37. The average Bonchev–Trinajstić information content (AvgIpc) is 2.20. The van der Waals surface area contributed by atoms with Crippen molar-refractivity contribution in [2.75, 3.05) is 5.73 Å². The van der Waals surface area contributed by atoms with Crippen LogP contribution in [-0.2, 0) is 0 Å². The second kappa shape index (κ2) is 4.75. The summed E-state index contributed by atoms with van der Waals surface area (Å²) in [5.41, 5.74) is 6.90. The maximum absolute atomic E-state index is 6.04. The fourth-order valence-corrected chi connectivity index (χ4v) is 3.06. The number of aryl methyl sites for hydroxylation is 1. The summed E-state index contributed by atoms with van der Waals surface area (Å²) >= 11 is 0. The number of rotatable bonds is 2. The summed E-state index contributed by atoms with van der Waals surface area (Å²) in [6.07, 6.45) is 5.37. The van der Waals surface area contributed by atoms with Crippen molar-refractivity contribution in [1.29, 1.82) is 0 Å². The molecular formula is C14H23N3O. The van der Waals surface area contributed by atoms with E-state index in [4.69, 9.17) is 10.5 Å². The molecule has 1 aromatic rings. The van der Waals surface area contributed by atoms with E-state index in [-0.39, 0.29) is 12.1 Å². The Kier molecular flexibility index (Phi) is 3.46. The molecule has 1 saturated carbocycles.